The summed E-state index contributed by atoms with van der Waals surface area (Å²) in [4.78, 5) is 0. The van der Waals surface area contributed by atoms with Crippen molar-refractivity contribution in [1.29, 1.82) is 0 Å². The predicted molar refractivity (Wildman–Crippen MR) is 48.4 cm³/mol. The molecule has 0 fully saturated rings. The van der Waals surface area contributed by atoms with E-state index in [-0.39, 0.29) is 0 Å². The maximum atomic E-state index is 5.96. The van der Waals surface area contributed by atoms with E-state index in [1.807, 2.05) is 30.3 Å². The van der Waals surface area contributed by atoms with Crippen molar-refractivity contribution in [2.75, 3.05) is 5.50 Å². The number of hydrogen-bond acceptors (Lipinski definition) is 0. The van der Waals surface area contributed by atoms with Gasteiger partial charge in [-0.3, -0.25) is 0 Å². The van der Waals surface area contributed by atoms with E-state index in [1.54, 1.807) is 0 Å². The van der Waals surface area contributed by atoms with Crippen molar-refractivity contribution in [2.45, 2.75) is 0 Å². The zero-order chi connectivity index (χ0) is 7.40. The van der Waals surface area contributed by atoms with E-state index in [4.69, 9.17) is 22.7 Å². The van der Waals surface area contributed by atoms with Gasteiger partial charge in [0.05, 0.1) is 0 Å². The summed E-state index contributed by atoms with van der Waals surface area (Å²) >= 11 is 11.6. The minimum atomic E-state index is -0.969. The molecule has 53 valence electrons. The first-order valence-corrected chi connectivity index (χ1v) is 6.22. The zero-order valence-electron chi connectivity index (χ0n) is 5.35. The molecule has 0 saturated carbocycles. The lowest BCUT2D eigenvalue weighted by molar-refractivity contribution is 1.76. The Hall–Kier alpha value is 0.0169. The minimum Gasteiger partial charge on any atom is -0.161 e. The van der Waals surface area contributed by atoms with E-state index in [2.05, 4.69) is 0 Å². The first-order valence-electron chi connectivity index (χ1n) is 2.97. The molecule has 1 aromatic carbocycles. The second-order valence-electron chi connectivity index (χ2n) is 1.90. The maximum absolute atomic E-state index is 5.96. The van der Waals surface area contributed by atoms with Crippen LogP contribution >= 0.6 is 22.7 Å². The summed E-state index contributed by atoms with van der Waals surface area (Å²) in [6.07, 6.45) is 0. The lowest BCUT2D eigenvalue weighted by atomic mass is 10.4. The highest BCUT2D eigenvalue weighted by Crippen LogP contribution is 1.94. The SMILES string of the molecule is ClC[Si](Cl)c1ccccc1. The first kappa shape index (κ1) is 8.12. The van der Waals surface area contributed by atoms with Crippen LogP contribution in [0.2, 0.25) is 0 Å². The van der Waals surface area contributed by atoms with E-state index >= 15 is 0 Å². The van der Waals surface area contributed by atoms with Crippen molar-refractivity contribution in [3.63, 3.8) is 0 Å². The molecule has 0 saturated heterocycles. The van der Waals surface area contributed by atoms with Gasteiger partial charge in [0.2, 0.25) is 8.11 Å². The summed E-state index contributed by atoms with van der Waals surface area (Å²) < 4.78 is 0. The van der Waals surface area contributed by atoms with Crippen LogP contribution in [0.15, 0.2) is 30.3 Å². The number of hydrogen-bond donors (Lipinski definition) is 0. The van der Waals surface area contributed by atoms with Crippen molar-refractivity contribution < 1.29 is 0 Å². The molecule has 0 aliphatic rings. The Morgan fingerprint density at radius 1 is 1.20 bits per heavy atom. The molecule has 0 heterocycles. The molecule has 0 atom stereocenters. The van der Waals surface area contributed by atoms with Gasteiger partial charge in [-0.25, -0.2) is 0 Å². The van der Waals surface area contributed by atoms with E-state index in [1.165, 1.54) is 5.19 Å². The summed E-state index contributed by atoms with van der Waals surface area (Å²) in [6.45, 7) is 0. The first-order chi connectivity index (χ1) is 4.84. The third-order valence-electron chi connectivity index (χ3n) is 1.20. The van der Waals surface area contributed by atoms with Crippen LogP contribution in [0.3, 0.4) is 0 Å². The Morgan fingerprint density at radius 2 is 1.80 bits per heavy atom. The van der Waals surface area contributed by atoms with E-state index in [9.17, 15) is 0 Å². The largest absolute Gasteiger partial charge is 0.215 e. The van der Waals surface area contributed by atoms with E-state index in [0.717, 1.165) is 0 Å². The molecule has 0 aliphatic heterocycles. The van der Waals surface area contributed by atoms with Crippen LogP contribution in [-0.2, 0) is 0 Å². The van der Waals surface area contributed by atoms with Gasteiger partial charge in [-0.05, 0) is 5.19 Å². The van der Waals surface area contributed by atoms with Crippen LogP contribution in [-0.4, -0.2) is 13.6 Å². The number of alkyl halides is 1. The van der Waals surface area contributed by atoms with Crippen LogP contribution in [0.4, 0.5) is 0 Å². The Bertz CT molecular complexity index is 188. The van der Waals surface area contributed by atoms with E-state index in [0.29, 0.717) is 5.50 Å². The molecule has 0 unspecified atom stereocenters. The van der Waals surface area contributed by atoms with Crippen molar-refractivity contribution in [1.82, 2.24) is 0 Å². The molecule has 0 N–H and O–H groups in total. The molecular weight excluding hydrogens is 183 g/mol. The van der Waals surface area contributed by atoms with Gasteiger partial charge < -0.3 is 0 Å². The number of halogens is 2. The molecular formula is C7H7Cl2Si. The topological polar surface area (TPSA) is 0 Å². The molecule has 0 amide bonds. The minimum absolute atomic E-state index is 0.566. The molecule has 0 nitrogen and oxygen atoms in total. The van der Waals surface area contributed by atoms with Gasteiger partial charge in [-0.15, -0.1) is 11.6 Å². The monoisotopic (exact) mass is 189 g/mol. The highest BCUT2D eigenvalue weighted by Gasteiger charge is 2.07. The Labute approximate surface area is 72.1 Å². The molecule has 1 aromatic rings. The molecule has 1 rings (SSSR count). The van der Waals surface area contributed by atoms with Crippen LogP contribution in [0.1, 0.15) is 0 Å². The fraction of sp³-hybridized carbons (Fsp3) is 0.143. The fourth-order valence-corrected chi connectivity index (χ4v) is 2.25. The van der Waals surface area contributed by atoms with Gasteiger partial charge >= 0.3 is 0 Å². The smallest absolute Gasteiger partial charge is 0.161 e. The lowest BCUT2D eigenvalue weighted by Crippen LogP contribution is -2.25. The normalized spacial score (nSPS) is 10.3. The van der Waals surface area contributed by atoms with Gasteiger partial charge in [0.1, 0.15) is 0 Å². The second-order valence-corrected chi connectivity index (χ2v) is 5.73. The fourth-order valence-electron chi connectivity index (χ4n) is 0.696. The molecule has 1 radical (unpaired) electrons. The number of benzene rings is 1. The molecule has 10 heavy (non-hydrogen) atoms. The average Bonchev–Trinajstić information content (AvgIpc) is 2.05. The van der Waals surface area contributed by atoms with Crippen molar-refractivity contribution >= 4 is 36.0 Å². The Morgan fingerprint density at radius 3 is 2.30 bits per heavy atom. The molecule has 0 aliphatic carbocycles. The summed E-state index contributed by atoms with van der Waals surface area (Å²) in [7, 11) is -0.969. The average molecular weight is 190 g/mol. The summed E-state index contributed by atoms with van der Waals surface area (Å²) in [6, 6.07) is 9.97. The molecule has 0 spiro atoms. The van der Waals surface area contributed by atoms with Gasteiger partial charge in [0, 0.05) is 5.50 Å². The molecule has 3 heteroatoms. The van der Waals surface area contributed by atoms with Crippen LogP contribution in [0, 0.1) is 0 Å². The Balaban J connectivity index is 2.75. The number of rotatable bonds is 2. The quantitative estimate of drug-likeness (QED) is 0.379. The molecule has 0 bridgehead atoms. The van der Waals surface area contributed by atoms with E-state index < -0.39 is 8.11 Å². The van der Waals surface area contributed by atoms with Gasteiger partial charge in [0.25, 0.3) is 0 Å². The molecule has 0 aromatic heterocycles. The third-order valence-corrected chi connectivity index (χ3v) is 4.67. The van der Waals surface area contributed by atoms with Gasteiger partial charge in [0.15, 0.2) is 0 Å². The van der Waals surface area contributed by atoms with Crippen molar-refractivity contribution in [3.05, 3.63) is 30.3 Å². The highest BCUT2D eigenvalue weighted by atomic mass is 35.6. The predicted octanol–water partition coefficient (Wildman–Crippen LogP) is 1.90. The standard InChI is InChI=1S/C7H7Cl2Si/c8-6-10(9)7-4-2-1-3-5-7/h1-5H,6H2. The summed E-state index contributed by atoms with van der Waals surface area (Å²) in [5.74, 6) is 0. The van der Waals surface area contributed by atoms with Gasteiger partial charge in [-0.1, -0.05) is 30.3 Å². The zero-order valence-corrected chi connectivity index (χ0v) is 7.86. The lowest BCUT2D eigenvalue weighted by Gasteiger charge is -2.00. The maximum Gasteiger partial charge on any atom is 0.215 e. The summed E-state index contributed by atoms with van der Waals surface area (Å²) in [5, 5.41) is 1.18. The van der Waals surface area contributed by atoms with Crippen molar-refractivity contribution in [2.24, 2.45) is 0 Å². The van der Waals surface area contributed by atoms with Crippen LogP contribution < -0.4 is 5.19 Å². The van der Waals surface area contributed by atoms with Crippen LogP contribution in [0.25, 0.3) is 0 Å². The van der Waals surface area contributed by atoms with Gasteiger partial charge in [-0.2, -0.15) is 11.1 Å². The van der Waals surface area contributed by atoms with Crippen molar-refractivity contribution in [3.8, 4) is 0 Å². The summed E-state index contributed by atoms with van der Waals surface area (Å²) in [5.41, 5.74) is 0.566. The second kappa shape index (κ2) is 4.01. The Kier molecular flexibility index (Phi) is 3.26. The van der Waals surface area contributed by atoms with Crippen LogP contribution in [0.5, 0.6) is 0 Å². The highest BCUT2D eigenvalue weighted by molar-refractivity contribution is 7.16. The third kappa shape index (κ3) is 2.01.